The van der Waals surface area contributed by atoms with Gasteiger partial charge in [-0.15, -0.1) is 0 Å². The number of likely N-dealkylation sites (tertiary alicyclic amines) is 1. The van der Waals surface area contributed by atoms with Crippen molar-refractivity contribution in [1.82, 2.24) is 15.2 Å². The van der Waals surface area contributed by atoms with E-state index in [9.17, 15) is 18.0 Å². The Hall–Kier alpha value is -3.10. The molecule has 1 aromatic heterocycles. The average Bonchev–Trinajstić information content (AvgIpc) is 2.65. The minimum atomic E-state index is -3.01. The third-order valence-corrected chi connectivity index (χ3v) is 4.24. The molecule has 0 unspecified atom stereocenters. The lowest BCUT2D eigenvalue weighted by molar-refractivity contribution is -0.132. The number of aromatic nitrogens is 1. The minimum absolute atomic E-state index is 0.206. The van der Waals surface area contributed by atoms with Gasteiger partial charge in [0, 0.05) is 20.0 Å². The molecule has 0 saturated carbocycles. The summed E-state index contributed by atoms with van der Waals surface area (Å²) in [6.45, 7) is 8.16. The smallest absolute Gasteiger partial charge is 0.286 e. The predicted octanol–water partition coefficient (Wildman–Crippen LogP) is 4.11. The number of nitrogens with zero attached hydrogens (tertiary/aromatic N) is 3. The van der Waals surface area contributed by atoms with Crippen LogP contribution in [0.15, 0.2) is 59.8 Å². The molecule has 162 valence electrons. The van der Waals surface area contributed by atoms with Gasteiger partial charge in [0.15, 0.2) is 5.83 Å². The number of carbonyl (C=O) groups is 1. The van der Waals surface area contributed by atoms with Gasteiger partial charge >= 0.3 is 0 Å². The van der Waals surface area contributed by atoms with Crippen molar-refractivity contribution < 1.29 is 18.0 Å². The Kier molecular flexibility index (Phi) is 7.79. The summed E-state index contributed by atoms with van der Waals surface area (Å²) < 4.78 is 39.7. The number of nitrogens with one attached hydrogen (secondary N) is 2. The van der Waals surface area contributed by atoms with Gasteiger partial charge < -0.3 is 15.5 Å². The molecule has 9 heteroatoms. The Balaban J connectivity index is 2.19. The van der Waals surface area contributed by atoms with Crippen molar-refractivity contribution in [1.29, 1.82) is 0 Å². The van der Waals surface area contributed by atoms with Crippen LogP contribution >= 0.6 is 0 Å². The molecule has 0 bridgehead atoms. The summed E-state index contributed by atoms with van der Waals surface area (Å²) in [5, 5.41) is 6.22. The lowest BCUT2D eigenvalue weighted by atomic mass is 10.1. The van der Waals surface area contributed by atoms with Crippen molar-refractivity contribution in [3.63, 3.8) is 0 Å². The minimum Gasteiger partial charge on any atom is -0.352 e. The molecular weight excluding hydrogens is 395 g/mol. The SMILES string of the molecule is C=C(F)C(=O)N1CC(N=C(N/C=C\C)/C(=C/CC)Nc2ccc(C(C)(F)F)nc2)C1. The van der Waals surface area contributed by atoms with Gasteiger partial charge in [-0.05, 0) is 31.7 Å². The third-order valence-electron chi connectivity index (χ3n) is 4.24. The van der Waals surface area contributed by atoms with E-state index < -0.39 is 17.7 Å². The van der Waals surface area contributed by atoms with Crippen LogP contribution in [0.5, 0.6) is 0 Å². The molecule has 1 aliphatic heterocycles. The fourth-order valence-electron chi connectivity index (χ4n) is 2.70. The molecule has 0 spiro atoms. The van der Waals surface area contributed by atoms with Crippen LogP contribution < -0.4 is 10.6 Å². The second kappa shape index (κ2) is 10.1. The third kappa shape index (κ3) is 6.20. The van der Waals surface area contributed by atoms with E-state index in [1.807, 2.05) is 19.9 Å². The van der Waals surface area contributed by atoms with Gasteiger partial charge in [-0.2, -0.15) is 8.78 Å². The van der Waals surface area contributed by atoms with Gasteiger partial charge in [-0.25, -0.2) is 4.39 Å². The zero-order valence-corrected chi connectivity index (χ0v) is 17.3. The van der Waals surface area contributed by atoms with Crippen LogP contribution in [0.4, 0.5) is 18.9 Å². The molecule has 2 rings (SSSR count). The molecule has 0 aromatic carbocycles. The second-order valence-corrected chi connectivity index (χ2v) is 6.86. The van der Waals surface area contributed by atoms with Crippen LogP contribution in [-0.2, 0) is 10.7 Å². The Bertz CT molecular complexity index is 850. The van der Waals surface area contributed by atoms with Crippen LogP contribution in [0.25, 0.3) is 0 Å². The normalized spacial score (nSPS) is 15.9. The maximum atomic E-state index is 13.4. The molecule has 2 heterocycles. The first-order valence-electron chi connectivity index (χ1n) is 9.56. The highest BCUT2D eigenvalue weighted by atomic mass is 19.3. The molecule has 30 heavy (non-hydrogen) atoms. The number of aliphatic imine (C=N–C) groups is 1. The lowest BCUT2D eigenvalue weighted by Crippen LogP contribution is -2.53. The molecule has 0 aliphatic carbocycles. The van der Waals surface area contributed by atoms with Crippen molar-refractivity contribution in [2.75, 3.05) is 18.4 Å². The van der Waals surface area contributed by atoms with Crippen molar-refractivity contribution in [2.45, 2.75) is 39.2 Å². The van der Waals surface area contributed by atoms with Gasteiger partial charge in [-0.1, -0.05) is 25.7 Å². The number of hydrogen-bond donors (Lipinski definition) is 2. The van der Waals surface area contributed by atoms with E-state index in [4.69, 9.17) is 0 Å². The number of pyridine rings is 1. The first-order valence-corrected chi connectivity index (χ1v) is 9.56. The maximum absolute atomic E-state index is 13.4. The van der Waals surface area contributed by atoms with E-state index in [2.05, 4.69) is 27.2 Å². The number of hydrogen-bond acceptors (Lipinski definition) is 4. The number of allylic oxidation sites excluding steroid dienone is 2. The van der Waals surface area contributed by atoms with Crippen molar-refractivity contribution in [3.05, 3.63) is 60.5 Å². The predicted molar refractivity (Wildman–Crippen MR) is 112 cm³/mol. The summed E-state index contributed by atoms with van der Waals surface area (Å²) in [6.07, 6.45) is 7.41. The first kappa shape index (κ1) is 23.2. The fraction of sp³-hybridized carbons (Fsp3) is 0.381. The molecule has 1 aliphatic rings. The molecule has 1 fully saturated rings. The zero-order valence-electron chi connectivity index (χ0n) is 17.3. The van der Waals surface area contributed by atoms with Gasteiger partial charge in [0.25, 0.3) is 11.8 Å². The number of amides is 1. The van der Waals surface area contributed by atoms with Crippen molar-refractivity contribution >= 4 is 17.4 Å². The highest BCUT2D eigenvalue weighted by molar-refractivity contribution is 6.01. The standard InChI is InChI=1S/C21H26F3N5O/c1-5-7-17(27-15-8-9-18(26-11-15)21(4,23)24)19(25-10-6-2)28-16-12-29(13-16)20(30)14(3)22/h6-11,16,27H,3,5,12-13H2,1-2,4H3,(H,25,28)/b10-6-,17-7-. The monoisotopic (exact) mass is 421 g/mol. The van der Waals surface area contributed by atoms with E-state index in [1.54, 1.807) is 12.3 Å². The molecule has 1 saturated heterocycles. The summed E-state index contributed by atoms with van der Waals surface area (Å²) >= 11 is 0. The maximum Gasteiger partial charge on any atom is 0.286 e. The number of alkyl halides is 2. The Morgan fingerprint density at radius 1 is 1.43 bits per heavy atom. The Morgan fingerprint density at radius 3 is 2.63 bits per heavy atom. The number of rotatable bonds is 8. The summed E-state index contributed by atoms with van der Waals surface area (Å²) in [4.78, 5) is 21.4. The quantitative estimate of drug-likeness (QED) is 0.377. The van der Waals surface area contributed by atoms with Crippen molar-refractivity contribution in [3.8, 4) is 0 Å². The van der Waals surface area contributed by atoms with Crippen LogP contribution in [-0.4, -0.2) is 40.8 Å². The van der Waals surface area contributed by atoms with Crippen LogP contribution in [0.1, 0.15) is 32.9 Å². The Morgan fingerprint density at radius 2 is 2.13 bits per heavy atom. The van der Waals surface area contributed by atoms with E-state index in [-0.39, 0.29) is 24.8 Å². The topological polar surface area (TPSA) is 69.6 Å². The molecule has 2 N–H and O–H groups in total. The Labute approximate surface area is 174 Å². The second-order valence-electron chi connectivity index (χ2n) is 6.86. The van der Waals surface area contributed by atoms with Crippen LogP contribution in [0, 0.1) is 0 Å². The van der Waals surface area contributed by atoms with Crippen LogP contribution in [0.3, 0.4) is 0 Å². The van der Waals surface area contributed by atoms with Crippen molar-refractivity contribution in [2.24, 2.45) is 4.99 Å². The van der Waals surface area contributed by atoms with E-state index in [0.717, 1.165) is 6.92 Å². The summed E-state index contributed by atoms with van der Waals surface area (Å²) in [6, 6.07) is 2.58. The van der Waals surface area contributed by atoms with Gasteiger partial charge in [0.05, 0.1) is 23.6 Å². The number of carbonyl (C=O) groups excluding carboxylic acids is 1. The number of anilines is 1. The number of halogens is 3. The van der Waals surface area contributed by atoms with Gasteiger partial charge in [-0.3, -0.25) is 14.8 Å². The fourth-order valence-corrected chi connectivity index (χ4v) is 2.70. The van der Waals surface area contributed by atoms with E-state index in [0.29, 0.717) is 23.6 Å². The summed E-state index contributed by atoms with van der Waals surface area (Å²) in [5.74, 6) is -4.23. The summed E-state index contributed by atoms with van der Waals surface area (Å²) in [5.41, 5.74) is 0.841. The molecule has 0 radical (unpaired) electrons. The average molecular weight is 421 g/mol. The summed E-state index contributed by atoms with van der Waals surface area (Å²) in [7, 11) is 0. The van der Waals surface area contributed by atoms with E-state index in [1.165, 1.54) is 23.2 Å². The van der Waals surface area contributed by atoms with Gasteiger partial charge in [0.2, 0.25) is 0 Å². The molecule has 0 atom stereocenters. The highest BCUT2D eigenvalue weighted by Gasteiger charge is 2.32. The van der Waals surface area contributed by atoms with E-state index >= 15 is 0 Å². The first-order chi connectivity index (χ1) is 14.2. The van der Waals surface area contributed by atoms with Crippen LogP contribution in [0.2, 0.25) is 0 Å². The highest BCUT2D eigenvalue weighted by Crippen LogP contribution is 2.26. The molecule has 1 aromatic rings. The van der Waals surface area contributed by atoms with Gasteiger partial charge in [0.1, 0.15) is 11.5 Å². The molecular formula is C21H26F3N5O. The molecule has 6 nitrogen and oxygen atoms in total. The lowest BCUT2D eigenvalue weighted by Gasteiger charge is -2.36. The molecule has 1 amide bonds. The number of amidine groups is 1. The largest absolute Gasteiger partial charge is 0.352 e. The zero-order chi connectivity index (χ0) is 22.3.